The largest absolute Gasteiger partial charge is 0.489 e. The van der Waals surface area contributed by atoms with Crippen molar-refractivity contribution in [2.45, 2.75) is 38.1 Å². The van der Waals surface area contributed by atoms with Gasteiger partial charge in [0.25, 0.3) is 0 Å². The number of benzene rings is 1. The molecule has 0 spiro atoms. The van der Waals surface area contributed by atoms with Crippen molar-refractivity contribution >= 4 is 17.3 Å². The predicted molar refractivity (Wildman–Crippen MR) is 88.2 cm³/mol. The predicted octanol–water partition coefficient (Wildman–Crippen LogP) is 2.26. The van der Waals surface area contributed by atoms with Crippen molar-refractivity contribution in [3.05, 3.63) is 18.2 Å². The Morgan fingerprint density at radius 1 is 1.36 bits per heavy atom. The van der Waals surface area contributed by atoms with Gasteiger partial charge in [0.1, 0.15) is 18.0 Å². The molecule has 2 aliphatic rings. The van der Waals surface area contributed by atoms with Crippen LogP contribution in [0.25, 0.3) is 0 Å². The van der Waals surface area contributed by atoms with Crippen molar-refractivity contribution in [2.75, 3.05) is 37.4 Å². The summed E-state index contributed by atoms with van der Waals surface area (Å²) >= 11 is 0. The number of anilines is 2. The highest BCUT2D eigenvalue weighted by Gasteiger charge is 2.27. The van der Waals surface area contributed by atoms with E-state index in [0.29, 0.717) is 31.4 Å². The van der Waals surface area contributed by atoms with E-state index < -0.39 is 0 Å². The number of hydrogen-bond acceptors (Lipinski definition) is 4. The molecule has 3 rings (SSSR count). The molecule has 1 aliphatic heterocycles. The van der Waals surface area contributed by atoms with Gasteiger partial charge in [-0.2, -0.15) is 0 Å². The van der Waals surface area contributed by atoms with Crippen molar-refractivity contribution in [2.24, 2.45) is 0 Å². The van der Waals surface area contributed by atoms with Crippen LogP contribution in [0.4, 0.5) is 11.4 Å². The molecule has 120 valence electrons. The monoisotopic (exact) mass is 303 g/mol. The van der Waals surface area contributed by atoms with Crippen LogP contribution in [0.1, 0.15) is 32.1 Å². The van der Waals surface area contributed by atoms with Gasteiger partial charge >= 0.3 is 0 Å². The van der Waals surface area contributed by atoms with Gasteiger partial charge in [-0.05, 0) is 25.0 Å². The first kappa shape index (κ1) is 15.0. The van der Waals surface area contributed by atoms with Crippen molar-refractivity contribution in [3.8, 4) is 5.75 Å². The van der Waals surface area contributed by atoms with Gasteiger partial charge in [-0.1, -0.05) is 25.3 Å². The summed E-state index contributed by atoms with van der Waals surface area (Å²) in [6, 6.07) is 6.05. The first-order chi connectivity index (χ1) is 10.7. The lowest BCUT2D eigenvalue weighted by molar-refractivity contribution is -0.131. The molecule has 1 aromatic carbocycles. The summed E-state index contributed by atoms with van der Waals surface area (Å²) in [7, 11) is 1.94. The number of nitrogen functional groups attached to an aromatic ring is 1. The van der Waals surface area contributed by atoms with E-state index in [9.17, 15) is 4.79 Å². The number of carbonyl (C=O) groups excluding carboxylic acids is 1. The maximum absolute atomic E-state index is 12.6. The van der Waals surface area contributed by atoms with Crippen LogP contribution in [0.2, 0.25) is 0 Å². The third-order valence-corrected chi connectivity index (χ3v) is 4.81. The molecule has 0 aromatic heterocycles. The Bertz CT molecular complexity index is 541. The Kier molecular flexibility index (Phi) is 4.41. The molecule has 5 heteroatoms. The summed E-state index contributed by atoms with van der Waals surface area (Å²) in [5, 5.41) is 0. The molecule has 0 bridgehead atoms. The third-order valence-electron chi connectivity index (χ3n) is 4.81. The molecule has 0 radical (unpaired) electrons. The summed E-state index contributed by atoms with van der Waals surface area (Å²) in [5.74, 6) is 0.947. The minimum absolute atomic E-state index is 0.169. The number of carbonyl (C=O) groups is 1. The standard InChI is InChI=1S/C17H25N3O2/c1-19(13-6-3-2-4-7-13)16(21)12-20-10-11-22-15-9-5-8-14(18)17(15)20/h5,8-9,13H,2-4,6-7,10-12,18H2,1H3. The minimum atomic E-state index is 0.169. The van der Waals surface area contributed by atoms with E-state index in [1.807, 2.05) is 30.1 Å². The summed E-state index contributed by atoms with van der Waals surface area (Å²) in [5.41, 5.74) is 7.61. The van der Waals surface area contributed by atoms with Gasteiger partial charge in [0.05, 0.1) is 18.8 Å². The normalized spacial score (nSPS) is 18.5. The first-order valence-electron chi connectivity index (χ1n) is 8.18. The smallest absolute Gasteiger partial charge is 0.242 e. The number of amides is 1. The van der Waals surface area contributed by atoms with Crippen LogP contribution in [0.15, 0.2) is 18.2 Å². The van der Waals surface area contributed by atoms with Gasteiger partial charge in [0.2, 0.25) is 5.91 Å². The molecule has 1 aliphatic carbocycles. The molecule has 1 heterocycles. The lowest BCUT2D eigenvalue weighted by Crippen LogP contribution is -2.46. The average Bonchev–Trinajstić information content (AvgIpc) is 2.55. The highest BCUT2D eigenvalue weighted by atomic mass is 16.5. The number of hydrogen-bond donors (Lipinski definition) is 1. The van der Waals surface area contributed by atoms with Crippen molar-refractivity contribution < 1.29 is 9.53 Å². The number of fused-ring (bicyclic) bond motifs is 1. The molecule has 1 saturated carbocycles. The van der Waals surface area contributed by atoms with Crippen LogP contribution in [0.5, 0.6) is 5.75 Å². The molecule has 0 atom stereocenters. The molecule has 1 fully saturated rings. The quantitative estimate of drug-likeness (QED) is 0.870. The van der Waals surface area contributed by atoms with E-state index in [-0.39, 0.29) is 5.91 Å². The highest BCUT2D eigenvalue weighted by molar-refractivity contribution is 5.85. The Hall–Kier alpha value is -1.91. The van der Waals surface area contributed by atoms with Crippen molar-refractivity contribution in [1.82, 2.24) is 4.90 Å². The van der Waals surface area contributed by atoms with Crippen LogP contribution in [-0.2, 0) is 4.79 Å². The summed E-state index contributed by atoms with van der Waals surface area (Å²) in [4.78, 5) is 16.6. The lowest BCUT2D eigenvalue weighted by atomic mass is 9.94. The van der Waals surface area contributed by atoms with E-state index in [1.54, 1.807) is 0 Å². The van der Waals surface area contributed by atoms with Crippen molar-refractivity contribution in [1.29, 1.82) is 0 Å². The molecule has 2 N–H and O–H groups in total. The zero-order valence-corrected chi connectivity index (χ0v) is 13.3. The Morgan fingerprint density at radius 3 is 2.91 bits per heavy atom. The number of ether oxygens (including phenoxy) is 1. The maximum atomic E-state index is 12.6. The number of para-hydroxylation sites is 1. The Morgan fingerprint density at radius 2 is 2.14 bits per heavy atom. The van der Waals surface area contributed by atoms with Gasteiger partial charge in [-0.15, -0.1) is 0 Å². The Labute approximate surface area is 132 Å². The fourth-order valence-electron chi connectivity index (χ4n) is 3.48. The second-order valence-electron chi connectivity index (χ2n) is 6.26. The second kappa shape index (κ2) is 6.46. The van der Waals surface area contributed by atoms with Gasteiger partial charge < -0.3 is 20.3 Å². The number of nitrogens with zero attached hydrogens (tertiary/aromatic N) is 2. The lowest BCUT2D eigenvalue weighted by Gasteiger charge is -2.35. The van der Waals surface area contributed by atoms with Gasteiger partial charge in [0, 0.05) is 13.1 Å². The van der Waals surface area contributed by atoms with E-state index in [1.165, 1.54) is 19.3 Å². The zero-order chi connectivity index (χ0) is 15.5. The van der Waals surface area contributed by atoms with E-state index >= 15 is 0 Å². The first-order valence-corrected chi connectivity index (χ1v) is 8.18. The van der Waals surface area contributed by atoms with Crippen LogP contribution in [0, 0.1) is 0 Å². The summed E-state index contributed by atoms with van der Waals surface area (Å²) in [6.07, 6.45) is 6.02. The van der Waals surface area contributed by atoms with Crippen LogP contribution in [0.3, 0.4) is 0 Å². The molecule has 0 unspecified atom stereocenters. The molecule has 1 aromatic rings. The third kappa shape index (κ3) is 2.98. The van der Waals surface area contributed by atoms with Gasteiger partial charge in [0.15, 0.2) is 0 Å². The maximum Gasteiger partial charge on any atom is 0.242 e. The Balaban J connectivity index is 1.70. The number of nitrogens with two attached hydrogens (primary N) is 1. The topological polar surface area (TPSA) is 58.8 Å². The van der Waals surface area contributed by atoms with E-state index in [0.717, 1.165) is 24.3 Å². The number of likely N-dealkylation sites (N-methyl/N-ethyl adjacent to an activating group) is 1. The molecule has 1 amide bonds. The molecular weight excluding hydrogens is 278 g/mol. The summed E-state index contributed by atoms with van der Waals surface area (Å²) < 4.78 is 5.65. The molecule has 5 nitrogen and oxygen atoms in total. The zero-order valence-electron chi connectivity index (χ0n) is 13.3. The fraction of sp³-hybridized carbons (Fsp3) is 0.588. The van der Waals surface area contributed by atoms with Crippen LogP contribution in [-0.4, -0.2) is 43.6 Å². The minimum Gasteiger partial charge on any atom is -0.489 e. The highest BCUT2D eigenvalue weighted by Crippen LogP contribution is 2.36. The van der Waals surface area contributed by atoms with Crippen molar-refractivity contribution in [3.63, 3.8) is 0 Å². The van der Waals surface area contributed by atoms with E-state index in [4.69, 9.17) is 10.5 Å². The fourth-order valence-corrected chi connectivity index (χ4v) is 3.48. The van der Waals surface area contributed by atoms with Crippen LogP contribution < -0.4 is 15.4 Å². The molecule has 22 heavy (non-hydrogen) atoms. The number of rotatable bonds is 3. The SMILES string of the molecule is CN(C(=O)CN1CCOc2cccc(N)c21)C1CCCCC1. The second-order valence-corrected chi connectivity index (χ2v) is 6.26. The summed E-state index contributed by atoms with van der Waals surface area (Å²) in [6.45, 7) is 1.67. The molecule has 0 saturated heterocycles. The van der Waals surface area contributed by atoms with Gasteiger partial charge in [-0.25, -0.2) is 0 Å². The average molecular weight is 303 g/mol. The van der Waals surface area contributed by atoms with Gasteiger partial charge in [-0.3, -0.25) is 4.79 Å². The molecular formula is C17H25N3O2. The van der Waals surface area contributed by atoms with Crippen LogP contribution >= 0.6 is 0 Å². The van der Waals surface area contributed by atoms with E-state index in [2.05, 4.69) is 4.90 Å².